The number of carbonyl (C=O) groups excluding carboxylic acids is 1. The van der Waals surface area contributed by atoms with Crippen LogP contribution in [0.4, 0.5) is 0 Å². The molecule has 1 amide bonds. The summed E-state index contributed by atoms with van der Waals surface area (Å²) in [4.78, 5) is 24.5. The highest BCUT2D eigenvalue weighted by Gasteiger charge is 2.37. The molecule has 0 spiro atoms. The molecule has 0 radical (unpaired) electrons. The molecule has 126 valence electrons. The monoisotopic (exact) mass is 357 g/mol. The first kappa shape index (κ1) is 18.1. The first-order valence-electron chi connectivity index (χ1n) is 7.45. The Balaban J connectivity index is 2.03. The number of carbonyl (C=O) groups is 2. The topological polar surface area (TPSA) is 75.6 Å². The Kier molecular flexibility index (Phi) is 6.33. The minimum atomic E-state index is -0.918. The zero-order valence-corrected chi connectivity index (χ0v) is 14.5. The van der Waals surface area contributed by atoms with Gasteiger partial charge in [-0.25, -0.2) is 0 Å². The third kappa shape index (κ3) is 5.12. The van der Waals surface area contributed by atoms with Crippen molar-refractivity contribution in [1.82, 2.24) is 5.32 Å². The van der Waals surface area contributed by atoms with E-state index in [2.05, 4.69) is 5.32 Å². The predicted octanol–water partition coefficient (Wildman–Crippen LogP) is 2.96. The Morgan fingerprint density at radius 3 is 2.65 bits per heavy atom. The molecule has 1 heterocycles. The molecule has 0 aromatic heterocycles. The summed E-state index contributed by atoms with van der Waals surface area (Å²) in [5.74, 6) is -1.10. The van der Waals surface area contributed by atoms with Crippen LogP contribution in [0.5, 0.6) is 0 Å². The normalized spacial score (nSPS) is 18.2. The van der Waals surface area contributed by atoms with Crippen LogP contribution in [0.3, 0.4) is 0 Å². The summed E-state index contributed by atoms with van der Waals surface area (Å²) in [6.45, 7) is 2.70. The molecule has 2 rings (SSSR count). The highest BCUT2D eigenvalue weighted by atomic mass is 35.5. The van der Waals surface area contributed by atoms with Crippen LogP contribution in [0.2, 0.25) is 5.02 Å². The van der Waals surface area contributed by atoms with Crippen LogP contribution in [-0.4, -0.2) is 41.0 Å². The van der Waals surface area contributed by atoms with Crippen LogP contribution in [0.15, 0.2) is 29.2 Å². The van der Waals surface area contributed by atoms with Gasteiger partial charge >= 0.3 is 5.97 Å². The number of halogens is 1. The smallest absolute Gasteiger partial charge is 0.305 e. The summed E-state index contributed by atoms with van der Waals surface area (Å²) in [5.41, 5.74) is -0.726. The number of hydrogen-bond donors (Lipinski definition) is 2. The summed E-state index contributed by atoms with van der Waals surface area (Å²) in [7, 11) is 0. The summed E-state index contributed by atoms with van der Waals surface area (Å²) < 4.78 is 5.29. The van der Waals surface area contributed by atoms with Crippen molar-refractivity contribution in [3.05, 3.63) is 29.3 Å². The molecule has 0 bridgehead atoms. The molecule has 7 heteroatoms. The fourth-order valence-corrected chi connectivity index (χ4v) is 3.70. The number of carboxylic acids is 1. The summed E-state index contributed by atoms with van der Waals surface area (Å²) >= 11 is 7.48. The Morgan fingerprint density at radius 1 is 1.39 bits per heavy atom. The van der Waals surface area contributed by atoms with Gasteiger partial charge in [-0.1, -0.05) is 23.7 Å². The number of rotatable bonds is 6. The number of amides is 1. The van der Waals surface area contributed by atoms with E-state index in [4.69, 9.17) is 21.4 Å². The fraction of sp³-hybridized carbons (Fsp3) is 0.500. The van der Waals surface area contributed by atoms with Gasteiger partial charge in [0.25, 0.3) is 0 Å². The van der Waals surface area contributed by atoms with E-state index in [1.165, 1.54) is 11.8 Å². The van der Waals surface area contributed by atoms with Crippen LogP contribution in [0, 0.1) is 0 Å². The molecule has 0 aliphatic carbocycles. The third-order valence-electron chi connectivity index (χ3n) is 3.84. The number of aliphatic carboxylic acids is 1. The van der Waals surface area contributed by atoms with Crippen LogP contribution in [-0.2, 0) is 14.3 Å². The van der Waals surface area contributed by atoms with E-state index in [0.29, 0.717) is 31.1 Å². The molecule has 1 fully saturated rings. The van der Waals surface area contributed by atoms with Gasteiger partial charge in [0.15, 0.2) is 0 Å². The molecule has 1 unspecified atom stereocenters. The average molecular weight is 358 g/mol. The molecule has 1 aliphatic rings. The van der Waals surface area contributed by atoms with Crippen LogP contribution in [0.25, 0.3) is 0 Å². The fourth-order valence-electron chi connectivity index (χ4n) is 2.54. The molecule has 1 atom stereocenters. The van der Waals surface area contributed by atoms with Gasteiger partial charge in [0.1, 0.15) is 0 Å². The van der Waals surface area contributed by atoms with Crippen LogP contribution in [0.1, 0.15) is 26.2 Å². The maximum atomic E-state index is 12.5. The van der Waals surface area contributed by atoms with Gasteiger partial charge in [0.05, 0.1) is 22.2 Å². The molecule has 1 saturated heterocycles. The Labute approximate surface area is 144 Å². The van der Waals surface area contributed by atoms with Crippen molar-refractivity contribution in [3.63, 3.8) is 0 Å². The predicted molar refractivity (Wildman–Crippen MR) is 90.0 cm³/mol. The number of ether oxygens (including phenoxy) is 1. The van der Waals surface area contributed by atoms with Crippen LogP contribution >= 0.6 is 23.4 Å². The van der Waals surface area contributed by atoms with E-state index < -0.39 is 11.5 Å². The van der Waals surface area contributed by atoms with Gasteiger partial charge in [-0.2, -0.15) is 0 Å². The Bertz CT molecular complexity index is 575. The quantitative estimate of drug-likeness (QED) is 0.765. The van der Waals surface area contributed by atoms with E-state index in [1.807, 2.05) is 18.2 Å². The molecule has 1 aromatic carbocycles. The molecule has 2 N–H and O–H groups in total. The second kappa shape index (κ2) is 8.04. The lowest BCUT2D eigenvalue weighted by molar-refractivity contribution is -0.140. The van der Waals surface area contributed by atoms with Crippen molar-refractivity contribution in [2.24, 2.45) is 0 Å². The maximum Gasteiger partial charge on any atom is 0.305 e. The number of thioether (sulfide) groups is 1. The minimum absolute atomic E-state index is 0.0917. The maximum absolute atomic E-state index is 12.5. The summed E-state index contributed by atoms with van der Waals surface area (Å²) in [5, 5.41) is 12.3. The molecule has 23 heavy (non-hydrogen) atoms. The molecule has 1 aromatic rings. The number of hydrogen-bond acceptors (Lipinski definition) is 4. The number of nitrogens with one attached hydrogen (secondary N) is 1. The zero-order chi connectivity index (χ0) is 16.9. The average Bonchev–Trinajstić information content (AvgIpc) is 2.49. The van der Waals surface area contributed by atoms with Crippen molar-refractivity contribution in [1.29, 1.82) is 0 Å². The highest BCUT2D eigenvalue weighted by molar-refractivity contribution is 8.00. The van der Waals surface area contributed by atoms with Gasteiger partial charge in [0.2, 0.25) is 5.91 Å². The van der Waals surface area contributed by atoms with Gasteiger partial charge in [-0.15, -0.1) is 11.8 Å². The van der Waals surface area contributed by atoms with Crippen molar-refractivity contribution in [3.8, 4) is 0 Å². The second-order valence-electron chi connectivity index (χ2n) is 5.64. The number of benzene rings is 1. The molecular formula is C16H20ClNO4S. The minimum Gasteiger partial charge on any atom is -0.481 e. The van der Waals surface area contributed by atoms with E-state index in [9.17, 15) is 9.59 Å². The van der Waals surface area contributed by atoms with Crippen molar-refractivity contribution < 1.29 is 19.4 Å². The largest absolute Gasteiger partial charge is 0.481 e. The first-order chi connectivity index (χ1) is 10.9. The van der Waals surface area contributed by atoms with Gasteiger partial charge < -0.3 is 15.2 Å². The van der Waals surface area contributed by atoms with Gasteiger partial charge in [-0.05, 0) is 31.9 Å². The first-order valence-corrected chi connectivity index (χ1v) is 8.70. The van der Waals surface area contributed by atoms with Gasteiger partial charge in [0, 0.05) is 18.1 Å². The second-order valence-corrected chi connectivity index (χ2v) is 7.43. The molecule has 5 nitrogen and oxygen atoms in total. The van der Waals surface area contributed by atoms with E-state index >= 15 is 0 Å². The van der Waals surface area contributed by atoms with Crippen molar-refractivity contribution in [2.45, 2.75) is 41.9 Å². The van der Waals surface area contributed by atoms with E-state index in [1.54, 1.807) is 13.0 Å². The van der Waals surface area contributed by atoms with Crippen LogP contribution < -0.4 is 5.32 Å². The zero-order valence-electron chi connectivity index (χ0n) is 12.9. The highest BCUT2D eigenvalue weighted by Crippen LogP contribution is 2.31. The third-order valence-corrected chi connectivity index (χ3v) is 5.46. The summed E-state index contributed by atoms with van der Waals surface area (Å²) in [6.07, 6.45) is 0.925. The van der Waals surface area contributed by atoms with Gasteiger partial charge in [-0.3, -0.25) is 9.59 Å². The van der Waals surface area contributed by atoms with Crippen molar-refractivity contribution >= 4 is 35.2 Å². The molecule has 0 saturated carbocycles. The lowest BCUT2D eigenvalue weighted by Gasteiger charge is -2.37. The Morgan fingerprint density at radius 2 is 2.04 bits per heavy atom. The number of carboxylic acid groups (broad SMARTS) is 1. The van der Waals surface area contributed by atoms with E-state index in [0.717, 1.165) is 4.90 Å². The Hall–Kier alpha value is -1.24. The molecular weight excluding hydrogens is 338 g/mol. The SMILES string of the molecule is CC(Sc1ccccc1Cl)C(=O)NC1(CC(=O)O)CCOCC1. The lowest BCUT2D eigenvalue weighted by atomic mass is 9.86. The van der Waals surface area contributed by atoms with E-state index in [-0.39, 0.29) is 17.6 Å². The summed E-state index contributed by atoms with van der Waals surface area (Å²) in [6, 6.07) is 7.33. The van der Waals surface area contributed by atoms with Crippen molar-refractivity contribution in [2.75, 3.05) is 13.2 Å². The standard InChI is InChI=1S/C16H20ClNO4S/c1-11(23-13-5-3-2-4-12(13)17)15(21)18-16(10-14(19)20)6-8-22-9-7-16/h2-5,11H,6-10H2,1H3,(H,18,21)(H,19,20). The molecule has 1 aliphatic heterocycles. The lowest BCUT2D eigenvalue weighted by Crippen LogP contribution is -2.54.